The Balaban J connectivity index is 1.87. The number of aromatic nitrogens is 3. The standard InChI is InChI=1S/C13H25N7/c1-4-14-13(15-8-11-6-5-7-19(11)2)16-9-12-17-10-18-20(12)3/h10-11H,4-9H2,1-3H3,(H2,14,15,16). The van der Waals surface area contributed by atoms with Gasteiger partial charge in [-0.05, 0) is 33.4 Å². The summed E-state index contributed by atoms with van der Waals surface area (Å²) in [4.78, 5) is 11.1. The van der Waals surface area contributed by atoms with E-state index in [1.54, 1.807) is 11.0 Å². The van der Waals surface area contributed by atoms with Crippen molar-refractivity contribution in [3.63, 3.8) is 0 Å². The number of guanidine groups is 1. The molecular weight excluding hydrogens is 254 g/mol. The van der Waals surface area contributed by atoms with Gasteiger partial charge in [0.25, 0.3) is 0 Å². The third-order valence-corrected chi connectivity index (χ3v) is 3.70. The minimum Gasteiger partial charge on any atom is -0.357 e. The van der Waals surface area contributed by atoms with Crippen molar-refractivity contribution in [2.24, 2.45) is 12.0 Å². The summed E-state index contributed by atoms with van der Waals surface area (Å²) < 4.78 is 1.75. The monoisotopic (exact) mass is 279 g/mol. The summed E-state index contributed by atoms with van der Waals surface area (Å²) in [7, 11) is 4.06. The zero-order chi connectivity index (χ0) is 14.4. The smallest absolute Gasteiger partial charge is 0.191 e. The maximum Gasteiger partial charge on any atom is 0.191 e. The minimum atomic E-state index is 0.534. The van der Waals surface area contributed by atoms with E-state index in [0.717, 1.165) is 24.9 Å². The van der Waals surface area contributed by atoms with Gasteiger partial charge < -0.3 is 15.5 Å². The Kier molecular flexibility index (Phi) is 5.34. The highest BCUT2D eigenvalue weighted by Crippen LogP contribution is 2.13. The second-order valence-corrected chi connectivity index (χ2v) is 5.15. The third-order valence-electron chi connectivity index (χ3n) is 3.70. The molecule has 1 aliphatic rings. The Morgan fingerprint density at radius 1 is 1.45 bits per heavy atom. The van der Waals surface area contributed by atoms with Crippen LogP contribution in [-0.4, -0.2) is 58.3 Å². The van der Waals surface area contributed by atoms with E-state index in [4.69, 9.17) is 0 Å². The summed E-state index contributed by atoms with van der Waals surface area (Å²) >= 11 is 0. The number of rotatable bonds is 5. The fourth-order valence-corrected chi connectivity index (χ4v) is 2.41. The normalized spacial score (nSPS) is 20.4. The Labute approximate surface area is 120 Å². The van der Waals surface area contributed by atoms with Gasteiger partial charge in [-0.2, -0.15) is 5.10 Å². The number of nitrogens with zero attached hydrogens (tertiary/aromatic N) is 5. The molecule has 0 aromatic carbocycles. The summed E-state index contributed by atoms with van der Waals surface area (Å²) in [5.41, 5.74) is 0. The molecule has 1 fully saturated rings. The molecule has 0 saturated carbocycles. The molecule has 20 heavy (non-hydrogen) atoms. The topological polar surface area (TPSA) is 70.4 Å². The van der Waals surface area contributed by atoms with Crippen molar-refractivity contribution >= 4 is 5.96 Å². The van der Waals surface area contributed by atoms with Crippen molar-refractivity contribution < 1.29 is 0 Å². The lowest BCUT2D eigenvalue weighted by molar-refractivity contribution is 0.309. The van der Waals surface area contributed by atoms with Crippen LogP contribution >= 0.6 is 0 Å². The van der Waals surface area contributed by atoms with Crippen LogP contribution in [0.4, 0.5) is 0 Å². The van der Waals surface area contributed by atoms with Crippen LogP contribution in [0.2, 0.25) is 0 Å². The van der Waals surface area contributed by atoms with Gasteiger partial charge >= 0.3 is 0 Å². The van der Waals surface area contributed by atoms with E-state index in [9.17, 15) is 0 Å². The van der Waals surface area contributed by atoms with E-state index in [0.29, 0.717) is 12.6 Å². The molecule has 7 heteroatoms. The number of likely N-dealkylation sites (tertiary alicyclic amines) is 1. The quantitative estimate of drug-likeness (QED) is 0.585. The second kappa shape index (κ2) is 7.23. The Morgan fingerprint density at radius 3 is 2.90 bits per heavy atom. The van der Waals surface area contributed by atoms with Crippen LogP contribution in [0.1, 0.15) is 25.6 Å². The molecule has 112 valence electrons. The SMILES string of the molecule is CCNC(=NCc1ncnn1C)NCC1CCCN1C. The fraction of sp³-hybridized carbons (Fsp3) is 0.769. The molecule has 0 amide bonds. The molecule has 1 atom stereocenters. The van der Waals surface area contributed by atoms with Gasteiger partial charge in [0.2, 0.25) is 0 Å². The highest BCUT2D eigenvalue weighted by molar-refractivity contribution is 5.79. The second-order valence-electron chi connectivity index (χ2n) is 5.15. The third kappa shape index (κ3) is 3.93. The van der Waals surface area contributed by atoms with Crippen LogP contribution in [0.15, 0.2) is 11.3 Å². The van der Waals surface area contributed by atoms with Crippen LogP contribution in [0.5, 0.6) is 0 Å². The van der Waals surface area contributed by atoms with Crippen molar-refractivity contribution in [3.8, 4) is 0 Å². The summed E-state index contributed by atoms with van der Waals surface area (Å²) in [6.45, 7) is 5.58. The number of hydrogen-bond donors (Lipinski definition) is 2. The van der Waals surface area contributed by atoms with Crippen molar-refractivity contribution in [3.05, 3.63) is 12.2 Å². The molecule has 1 aromatic rings. The van der Waals surface area contributed by atoms with Gasteiger partial charge in [-0.1, -0.05) is 0 Å². The van der Waals surface area contributed by atoms with Crippen molar-refractivity contribution in [1.29, 1.82) is 0 Å². The molecule has 2 rings (SSSR count). The predicted octanol–water partition coefficient (Wildman–Crippen LogP) is -0.0356. The lowest BCUT2D eigenvalue weighted by Crippen LogP contribution is -2.44. The van der Waals surface area contributed by atoms with Crippen molar-refractivity contribution in [2.45, 2.75) is 32.4 Å². The highest BCUT2D eigenvalue weighted by Gasteiger charge is 2.20. The van der Waals surface area contributed by atoms with Crippen molar-refractivity contribution in [2.75, 3.05) is 26.7 Å². The zero-order valence-corrected chi connectivity index (χ0v) is 12.6. The molecule has 1 aromatic heterocycles. The molecule has 1 saturated heterocycles. The van der Waals surface area contributed by atoms with E-state index in [2.05, 4.69) is 44.6 Å². The summed E-state index contributed by atoms with van der Waals surface area (Å²) in [6.07, 6.45) is 4.10. The molecule has 0 bridgehead atoms. The molecular formula is C13H25N7. The number of aryl methyl sites for hydroxylation is 1. The maximum absolute atomic E-state index is 4.56. The largest absolute Gasteiger partial charge is 0.357 e. The first kappa shape index (κ1) is 14.8. The average Bonchev–Trinajstić information content (AvgIpc) is 3.02. The zero-order valence-electron chi connectivity index (χ0n) is 12.6. The number of nitrogens with one attached hydrogen (secondary N) is 2. The Morgan fingerprint density at radius 2 is 2.30 bits per heavy atom. The molecule has 0 aliphatic carbocycles. The minimum absolute atomic E-state index is 0.534. The van der Waals surface area contributed by atoms with E-state index in [1.165, 1.54) is 19.4 Å². The van der Waals surface area contributed by atoms with Gasteiger partial charge in [0.1, 0.15) is 18.7 Å². The first-order valence-corrected chi connectivity index (χ1v) is 7.26. The van der Waals surface area contributed by atoms with Crippen LogP contribution in [0.25, 0.3) is 0 Å². The predicted molar refractivity (Wildman–Crippen MR) is 79.5 cm³/mol. The molecule has 2 N–H and O–H groups in total. The van der Waals surface area contributed by atoms with Crippen molar-refractivity contribution in [1.82, 2.24) is 30.3 Å². The van der Waals surface area contributed by atoms with Gasteiger partial charge in [0.05, 0.1) is 0 Å². The number of hydrogen-bond acceptors (Lipinski definition) is 4. The van der Waals surface area contributed by atoms with Gasteiger partial charge in [-0.15, -0.1) is 0 Å². The average molecular weight is 279 g/mol. The lowest BCUT2D eigenvalue weighted by Gasteiger charge is -2.21. The summed E-state index contributed by atoms with van der Waals surface area (Å²) in [6, 6.07) is 0.605. The van der Waals surface area contributed by atoms with Crippen LogP contribution in [-0.2, 0) is 13.6 Å². The Hall–Kier alpha value is -1.63. The van der Waals surface area contributed by atoms with Crippen LogP contribution < -0.4 is 10.6 Å². The summed E-state index contributed by atoms with van der Waals surface area (Å²) in [5, 5.41) is 10.7. The number of aliphatic imine (C=N–C) groups is 1. The van der Waals surface area contributed by atoms with E-state index in [-0.39, 0.29) is 0 Å². The molecule has 1 unspecified atom stereocenters. The van der Waals surface area contributed by atoms with E-state index >= 15 is 0 Å². The Bertz CT molecular complexity index is 440. The maximum atomic E-state index is 4.56. The van der Waals surface area contributed by atoms with Crippen LogP contribution in [0.3, 0.4) is 0 Å². The first-order valence-electron chi connectivity index (χ1n) is 7.26. The van der Waals surface area contributed by atoms with Crippen LogP contribution in [0, 0.1) is 0 Å². The molecule has 0 radical (unpaired) electrons. The molecule has 1 aliphatic heterocycles. The van der Waals surface area contributed by atoms with Gasteiger partial charge in [0, 0.05) is 26.2 Å². The summed E-state index contributed by atoms with van der Waals surface area (Å²) in [5.74, 6) is 1.70. The molecule has 2 heterocycles. The van der Waals surface area contributed by atoms with Gasteiger partial charge in [-0.25, -0.2) is 9.98 Å². The van der Waals surface area contributed by atoms with Gasteiger partial charge in [-0.3, -0.25) is 4.68 Å². The van der Waals surface area contributed by atoms with Gasteiger partial charge in [0.15, 0.2) is 5.96 Å². The fourth-order valence-electron chi connectivity index (χ4n) is 2.41. The highest BCUT2D eigenvalue weighted by atomic mass is 15.3. The van der Waals surface area contributed by atoms with E-state index in [1.807, 2.05) is 7.05 Å². The lowest BCUT2D eigenvalue weighted by atomic mass is 10.2. The molecule has 7 nitrogen and oxygen atoms in total. The molecule has 0 spiro atoms. The number of likely N-dealkylation sites (N-methyl/N-ethyl adjacent to an activating group) is 1. The van der Waals surface area contributed by atoms with E-state index < -0.39 is 0 Å². The first-order chi connectivity index (χ1) is 9.70.